The summed E-state index contributed by atoms with van der Waals surface area (Å²) in [6.07, 6.45) is 9.72. The summed E-state index contributed by atoms with van der Waals surface area (Å²) in [5.41, 5.74) is 3.13. The Hall–Kier alpha value is -0.860. The van der Waals surface area contributed by atoms with E-state index in [-0.39, 0.29) is 0 Å². The molecular weight excluding hydrogens is 256 g/mol. The monoisotopic (exact) mass is 286 g/mol. The Bertz CT molecular complexity index is 396. The number of benzene rings is 1. The molecule has 1 fully saturated rings. The van der Waals surface area contributed by atoms with Crippen molar-refractivity contribution in [3.8, 4) is 0 Å². The van der Waals surface area contributed by atoms with E-state index in [1.54, 1.807) is 11.1 Å². The Balaban J connectivity index is 1.35. The highest BCUT2D eigenvalue weighted by Gasteiger charge is 2.14. The van der Waals surface area contributed by atoms with Crippen LogP contribution in [0.4, 0.5) is 0 Å². The number of rotatable bonds is 5. The van der Waals surface area contributed by atoms with E-state index >= 15 is 0 Å². The van der Waals surface area contributed by atoms with E-state index in [0.717, 1.165) is 12.5 Å². The lowest BCUT2D eigenvalue weighted by Crippen LogP contribution is -2.35. The fraction of sp³-hybridized carbons (Fsp3) is 0.684. The van der Waals surface area contributed by atoms with Crippen LogP contribution in [0.25, 0.3) is 0 Å². The van der Waals surface area contributed by atoms with Gasteiger partial charge < -0.3 is 10.2 Å². The van der Waals surface area contributed by atoms with E-state index in [0.29, 0.717) is 0 Å². The molecule has 0 atom stereocenters. The van der Waals surface area contributed by atoms with Gasteiger partial charge in [0, 0.05) is 26.2 Å². The molecule has 0 saturated heterocycles. The number of fused-ring (bicyclic) bond motifs is 1. The Morgan fingerprint density at radius 2 is 1.62 bits per heavy atom. The van der Waals surface area contributed by atoms with Gasteiger partial charge in [-0.15, -0.1) is 0 Å². The van der Waals surface area contributed by atoms with E-state index in [1.165, 1.54) is 71.1 Å². The van der Waals surface area contributed by atoms with E-state index < -0.39 is 0 Å². The molecule has 0 amide bonds. The van der Waals surface area contributed by atoms with E-state index in [9.17, 15) is 0 Å². The Morgan fingerprint density at radius 3 is 2.29 bits per heavy atom. The summed E-state index contributed by atoms with van der Waals surface area (Å²) in [4.78, 5) is 2.63. The van der Waals surface area contributed by atoms with E-state index in [1.807, 2.05) is 0 Å². The summed E-state index contributed by atoms with van der Waals surface area (Å²) in [6, 6.07) is 8.97. The predicted molar refractivity (Wildman–Crippen MR) is 89.7 cm³/mol. The molecule has 0 spiro atoms. The molecule has 3 rings (SSSR count). The van der Waals surface area contributed by atoms with Crippen LogP contribution in [0.15, 0.2) is 24.3 Å². The molecule has 1 aliphatic carbocycles. The largest absolute Gasteiger partial charge is 0.315 e. The number of nitrogens with one attached hydrogen (secondary N) is 1. The van der Waals surface area contributed by atoms with Gasteiger partial charge in [-0.1, -0.05) is 43.5 Å². The fourth-order valence-corrected chi connectivity index (χ4v) is 3.87. The van der Waals surface area contributed by atoms with Crippen molar-refractivity contribution in [1.29, 1.82) is 0 Å². The smallest absolute Gasteiger partial charge is 0.0107 e. The summed E-state index contributed by atoms with van der Waals surface area (Å²) in [7, 11) is 0. The standard InChI is InChI=1S/C19H30N2/c1-2-6-17(7-3-1)16-20-12-15-21-13-10-18-8-4-5-9-19(18)11-14-21/h4-5,8-9,17,20H,1-3,6-7,10-16H2. The molecule has 1 aromatic rings. The van der Waals surface area contributed by atoms with Crippen molar-refractivity contribution in [2.75, 3.05) is 32.7 Å². The van der Waals surface area contributed by atoms with Crippen molar-refractivity contribution in [1.82, 2.24) is 10.2 Å². The van der Waals surface area contributed by atoms with Crippen molar-refractivity contribution in [2.24, 2.45) is 5.92 Å². The molecule has 2 aliphatic rings. The Kier molecular flexibility index (Phi) is 5.70. The maximum atomic E-state index is 3.70. The SMILES string of the molecule is c1ccc2c(c1)CCN(CCNCC1CCCCC1)CC2. The average molecular weight is 286 g/mol. The van der Waals surface area contributed by atoms with Crippen LogP contribution in [0.2, 0.25) is 0 Å². The van der Waals surface area contributed by atoms with Gasteiger partial charge in [-0.3, -0.25) is 0 Å². The molecule has 1 aliphatic heterocycles. The molecule has 1 saturated carbocycles. The second-order valence-corrected chi connectivity index (χ2v) is 6.82. The summed E-state index contributed by atoms with van der Waals surface area (Å²) >= 11 is 0. The van der Waals surface area contributed by atoms with Gasteiger partial charge in [-0.25, -0.2) is 0 Å². The van der Waals surface area contributed by atoms with Crippen molar-refractivity contribution in [3.63, 3.8) is 0 Å². The van der Waals surface area contributed by atoms with Crippen molar-refractivity contribution in [3.05, 3.63) is 35.4 Å². The Morgan fingerprint density at radius 1 is 0.952 bits per heavy atom. The second-order valence-electron chi connectivity index (χ2n) is 6.82. The van der Waals surface area contributed by atoms with Gasteiger partial charge in [0.1, 0.15) is 0 Å². The van der Waals surface area contributed by atoms with Crippen LogP contribution < -0.4 is 5.32 Å². The fourth-order valence-electron chi connectivity index (χ4n) is 3.87. The van der Waals surface area contributed by atoms with Crippen LogP contribution in [-0.4, -0.2) is 37.6 Å². The molecule has 0 aromatic heterocycles. The van der Waals surface area contributed by atoms with Gasteiger partial charge in [0.25, 0.3) is 0 Å². The summed E-state index contributed by atoms with van der Waals surface area (Å²) in [5.74, 6) is 0.951. The number of hydrogen-bond acceptors (Lipinski definition) is 2. The first-order chi connectivity index (χ1) is 10.4. The molecule has 0 bridgehead atoms. The molecular formula is C19H30N2. The minimum absolute atomic E-state index is 0.951. The van der Waals surface area contributed by atoms with Crippen LogP contribution in [-0.2, 0) is 12.8 Å². The van der Waals surface area contributed by atoms with Gasteiger partial charge >= 0.3 is 0 Å². The molecule has 1 heterocycles. The topological polar surface area (TPSA) is 15.3 Å². The van der Waals surface area contributed by atoms with Gasteiger partial charge in [-0.2, -0.15) is 0 Å². The van der Waals surface area contributed by atoms with Crippen molar-refractivity contribution < 1.29 is 0 Å². The molecule has 2 heteroatoms. The minimum atomic E-state index is 0.951. The van der Waals surface area contributed by atoms with Gasteiger partial charge in [0.15, 0.2) is 0 Å². The molecule has 1 aromatic carbocycles. The third-order valence-electron chi connectivity index (χ3n) is 5.28. The lowest BCUT2D eigenvalue weighted by Gasteiger charge is -2.23. The normalized spacial score (nSPS) is 21.0. The van der Waals surface area contributed by atoms with Gasteiger partial charge in [-0.05, 0) is 49.3 Å². The molecule has 1 N–H and O–H groups in total. The van der Waals surface area contributed by atoms with E-state index in [4.69, 9.17) is 0 Å². The van der Waals surface area contributed by atoms with Crippen LogP contribution in [0.5, 0.6) is 0 Å². The maximum Gasteiger partial charge on any atom is 0.0107 e. The average Bonchev–Trinajstić information content (AvgIpc) is 2.75. The van der Waals surface area contributed by atoms with Crippen molar-refractivity contribution >= 4 is 0 Å². The summed E-state index contributed by atoms with van der Waals surface area (Å²) in [6.45, 7) is 6.06. The lowest BCUT2D eigenvalue weighted by atomic mass is 9.89. The van der Waals surface area contributed by atoms with Crippen LogP contribution >= 0.6 is 0 Å². The Labute approximate surface area is 129 Å². The maximum absolute atomic E-state index is 3.70. The van der Waals surface area contributed by atoms with Crippen LogP contribution in [0.1, 0.15) is 43.2 Å². The molecule has 0 radical (unpaired) electrons. The highest BCUT2D eigenvalue weighted by molar-refractivity contribution is 5.28. The zero-order valence-corrected chi connectivity index (χ0v) is 13.3. The second kappa shape index (κ2) is 7.95. The predicted octanol–water partition coefficient (Wildman–Crippen LogP) is 3.26. The summed E-state index contributed by atoms with van der Waals surface area (Å²) < 4.78 is 0. The molecule has 21 heavy (non-hydrogen) atoms. The third-order valence-corrected chi connectivity index (χ3v) is 5.28. The quantitative estimate of drug-likeness (QED) is 0.836. The number of nitrogens with zero attached hydrogens (tertiary/aromatic N) is 1. The third kappa shape index (κ3) is 4.55. The van der Waals surface area contributed by atoms with Gasteiger partial charge in [0.05, 0.1) is 0 Å². The molecule has 2 nitrogen and oxygen atoms in total. The van der Waals surface area contributed by atoms with Crippen LogP contribution in [0.3, 0.4) is 0 Å². The highest BCUT2D eigenvalue weighted by Crippen LogP contribution is 2.22. The van der Waals surface area contributed by atoms with Crippen molar-refractivity contribution in [2.45, 2.75) is 44.9 Å². The van der Waals surface area contributed by atoms with Crippen LogP contribution in [0, 0.1) is 5.92 Å². The first kappa shape index (κ1) is 15.1. The van der Waals surface area contributed by atoms with E-state index in [2.05, 4.69) is 34.5 Å². The number of hydrogen-bond donors (Lipinski definition) is 1. The zero-order chi connectivity index (χ0) is 14.3. The zero-order valence-electron chi connectivity index (χ0n) is 13.3. The molecule has 0 unspecified atom stereocenters. The first-order valence-electron chi connectivity index (χ1n) is 8.91. The summed E-state index contributed by atoms with van der Waals surface area (Å²) in [5, 5.41) is 3.70. The van der Waals surface area contributed by atoms with Gasteiger partial charge in [0.2, 0.25) is 0 Å². The first-order valence-corrected chi connectivity index (χ1v) is 8.91. The molecule has 116 valence electrons. The minimum Gasteiger partial charge on any atom is -0.315 e. The highest BCUT2D eigenvalue weighted by atomic mass is 15.1. The lowest BCUT2D eigenvalue weighted by molar-refractivity contribution is 0.277.